The van der Waals surface area contributed by atoms with Crippen LogP contribution in [0.3, 0.4) is 0 Å². The van der Waals surface area contributed by atoms with E-state index in [1.807, 2.05) is 12.1 Å². The van der Waals surface area contributed by atoms with E-state index in [1.165, 1.54) is 17.0 Å². The van der Waals surface area contributed by atoms with Crippen molar-refractivity contribution in [1.29, 1.82) is 0 Å². The molecule has 0 fully saturated rings. The minimum absolute atomic E-state index is 0.0887. The van der Waals surface area contributed by atoms with Gasteiger partial charge in [0.15, 0.2) is 0 Å². The average Bonchev–Trinajstić information content (AvgIpc) is 2.78. The predicted molar refractivity (Wildman–Crippen MR) is 73.5 cm³/mol. The Hall–Kier alpha value is -1.19. The molecule has 0 saturated carbocycles. The lowest BCUT2D eigenvalue weighted by Gasteiger charge is -2.15. The molecule has 3 heteroatoms. The zero-order valence-electron chi connectivity index (χ0n) is 10.8. The van der Waals surface area contributed by atoms with Crippen molar-refractivity contribution in [3.63, 3.8) is 0 Å². The highest BCUT2D eigenvalue weighted by atomic mass is 32.1. The normalized spacial score (nSPS) is 13.6. The summed E-state index contributed by atoms with van der Waals surface area (Å²) in [5, 5.41) is 10.2. The molecule has 1 aromatic carbocycles. The molecule has 0 saturated heterocycles. The predicted octanol–water partition coefficient (Wildman–Crippen LogP) is 4.27. The molecular formula is C15H17FOS. The summed E-state index contributed by atoms with van der Waals surface area (Å²) >= 11 is 1.60. The van der Waals surface area contributed by atoms with Gasteiger partial charge in [-0.15, -0.1) is 11.3 Å². The van der Waals surface area contributed by atoms with E-state index >= 15 is 0 Å². The third kappa shape index (κ3) is 2.79. The molecule has 18 heavy (non-hydrogen) atoms. The van der Waals surface area contributed by atoms with Gasteiger partial charge in [-0.2, -0.15) is 0 Å². The van der Waals surface area contributed by atoms with E-state index in [9.17, 15) is 9.50 Å². The van der Waals surface area contributed by atoms with Crippen molar-refractivity contribution in [2.45, 2.75) is 32.3 Å². The van der Waals surface area contributed by atoms with E-state index in [4.69, 9.17) is 0 Å². The first-order valence-corrected chi connectivity index (χ1v) is 6.73. The van der Waals surface area contributed by atoms with Gasteiger partial charge in [0.2, 0.25) is 0 Å². The van der Waals surface area contributed by atoms with Gasteiger partial charge in [-0.25, -0.2) is 4.39 Å². The second-order valence-electron chi connectivity index (χ2n) is 5.41. The fourth-order valence-corrected chi connectivity index (χ4v) is 2.79. The van der Waals surface area contributed by atoms with Crippen molar-refractivity contribution >= 4 is 11.3 Å². The molecule has 1 nitrogen and oxygen atoms in total. The van der Waals surface area contributed by atoms with E-state index in [-0.39, 0.29) is 11.2 Å². The first kappa shape index (κ1) is 13.2. The van der Waals surface area contributed by atoms with E-state index in [2.05, 4.69) is 20.8 Å². The van der Waals surface area contributed by atoms with Gasteiger partial charge in [0.05, 0.1) is 0 Å². The van der Waals surface area contributed by atoms with Crippen LogP contribution in [-0.4, -0.2) is 5.11 Å². The Bertz CT molecular complexity index is 522. The molecule has 0 spiro atoms. The third-order valence-corrected chi connectivity index (χ3v) is 4.38. The molecule has 0 bridgehead atoms. The van der Waals surface area contributed by atoms with E-state index < -0.39 is 6.10 Å². The average molecular weight is 264 g/mol. The Morgan fingerprint density at radius 3 is 2.17 bits per heavy atom. The van der Waals surface area contributed by atoms with Crippen LogP contribution in [-0.2, 0) is 5.41 Å². The van der Waals surface area contributed by atoms with Crippen molar-refractivity contribution in [3.05, 3.63) is 57.5 Å². The first-order valence-electron chi connectivity index (χ1n) is 5.91. The lowest BCUT2D eigenvalue weighted by molar-refractivity contribution is 0.224. The van der Waals surface area contributed by atoms with Gasteiger partial charge in [-0.05, 0) is 35.2 Å². The maximum absolute atomic E-state index is 12.8. The molecule has 1 heterocycles. The zero-order valence-corrected chi connectivity index (χ0v) is 11.6. The van der Waals surface area contributed by atoms with Crippen LogP contribution in [0.2, 0.25) is 0 Å². The number of hydrogen-bond acceptors (Lipinski definition) is 2. The van der Waals surface area contributed by atoms with Crippen LogP contribution >= 0.6 is 11.3 Å². The summed E-state index contributed by atoms with van der Waals surface area (Å²) in [4.78, 5) is 2.13. The minimum atomic E-state index is -0.674. The van der Waals surface area contributed by atoms with Gasteiger partial charge in [-0.3, -0.25) is 0 Å². The number of thiophene rings is 1. The summed E-state index contributed by atoms with van der Waals surface area (Å²) in [6.07, 6.45) is -0.674. The third-order valence-electron chi connectivity index (χ3n) is 2.82. The van der Waals surface area contributed by atoms with Crippen LogP contribution in [0.25, 0.3) is 0 Å². The minimum Gasteiger partial charge on any atom is -0.383 e. The monoisotopic (exact) mass is 264 g/mol. The van der Waals surface area contributed by atoms with Gasteiger partial charge < -0.3 is 5.11 Å². The van der Waals surface area contributed by atoms with Crippen LogP contribution < -0.4 is 0 Å². The van der Waals surface area contributed by atoms with E-state index in [1.54, 1.807) is 23.5 Å². The molecule has 2 aromatic rings. The maximum Gasteiger partial charge on any atom is 0.123 e. The van der Waals surface area contributed by atoms with Crippen molar-refractivity contribution in [1.82, 2.24) is 0 Å². The Kier molecular flexibility index (Phi) is 3.55. The zero-order chi connectivity index (χ0) is 13.3. The Morgan fingerprint density at radius 2 is 1.67 bits per heavy atom. The van der Waals surface area contributed by atoms with Crippen LogP contribution in [0, 0.1) is 5.82 Å². The molecule has 0 aliphatic carbocycles. The second kappa shape index (κ2) is 4.82. The van der Waals surface area contributed by atoms with Crippen LogP contribution in [0.4, 0.5) is 4.39 Å². The van der Waals surface area contributed by atoms with Crippen LogP contribution in [0.5, 0.6) is 0 Å². The van der Waals surface area contributed by atoms with Crippen molar-refractivity contribution in [3.8, 4) is 0 Å². The molecule has 0 radical (unpaired) electrons. The number of halogens is 1. The lowest BCUT2D eigenvalue weighted by atomic mass is 9.95. The van der Waals surface area contributed by atoms with Crippen LogP contribution in [0.15, 0.2) is 36.4 Å². The number of aliphatic hydroxyl groups excluding tert-OH is 1. The SMILES string of the molecule is CC(C)(C)c1ccc(C(O)c2ccc(F)cc2)s1. The molecule has 0 aliphatic rings. The number of benzene rings is 1. The van der Waals surface area contributed by atoms with E-state index in [0.717, 1.165) is 10.4 Å². The Labute approximate surface area is 111 Å². The molecule has 1 atom stereocenters. The molecule has 2 rings (SSSR count). The fourth-order valence-electron chi connectivity index (χ4n) is 1.71. The summed E-state index contributed by atoms with van der Waals surface area (Å²) in [5.41, 5.74) is 0.810. The molecule has 1 aromatic heterocycles. The van der Waals surface area contributed by atoms with Crippen molar-refractivity contribution in [2.24, 2.45) is 0 Å². The lowest BCUT2D eigenvalue weighted by Crippen LogP contribution is -2.07. The number of rotatable bonds is 2. The fraction of sp³-hybridized carbons (Fsp3) is 0.333. The summed E-state index contributed by atoms with van der Waals surface area (Å²) in [5.74, 6) is -0.285. The highest BCUT2D eigenvalue weighted by molar-refractivity contribution is 7.12. The molecule has 1 unspecified atom stereocenters. The highest BCUT2D eigenvalue weighted by Crippen LogP contribution is 2.34. The summed E-state index contributed by atoms with van der Waals surface area (Å²) in [7, 11) is 0. The Balaban J connectivity index is 2.26. The van der Waals surface area contributed by atoms with Gasteiger partial charge in [0, 0.05) is 9.75 Å². The second-order valence-corrected chi connectivity index (χ2v) is 6.52. The summed E-state index contributed by atoms with van der Waals surface area (Å²) < 4.78 is 12.8. The maximum atomic E-state index is 12.8. The van der Waals surface area contributed by atoms with E-state index in [0.29, 0.717) is 0 Å². The number of hydrogen-bond donors (Lipinski definition) is 1. The van der Waals surface area contributed by atoms with Crippen LogP contribution in [0.1, 0.15) is 42.2 Å². The summed E-state index contributed by atoms with van der Waals surface area (Å²) in [6.45, 7) is 6.44. The Morgan fingerprint density at radius 1 is 1.06 bits per heavy atom. The van der Waals surface area contributed by atoms with Crippen molar-refractivity contribution in [2.75, 3.05) is 0 Å². The highest BCUT2D eigenvalue weighted by Gasteiger charge is 2.19. The van der Waals surface area contributed by atoms with Gasteiger partial charge in [-0.1, -0.05) is 32.9 Å². The van der Waals surface area contributed by atoms with Gasteiger partial charge >= 0.3 is 0 Å². The molecule has 0 aliphatic heterocycles. The molecule has 96 valence electrons. The molecular weight excluding hydrogens is 247 g/mol. The summed E-state index contributed by atoms with van der Waals surface area (Å²) in [6, 6.07) is 9.98. The number of aliphatic hydroxyl groups is 1. The quantitative estimate of drug-likeness (QED) is 0.859. The molecule has 1 N–H and O–H groups in total. The topological polar surface area (TPSA) is 20.2 Å². The molecule has 0 amide bonds. The van der Waals surface area contributed by atoms with Gasteiger partial charge in [0.1, 0.15) is 11.9 Å². The largest absolute Gasteiger partial charge is 0.383 e. The van der Waals surface area contributed by atoms with Crippen molar-refractivity contribution < 1.29 is 9.50 Å². The smallest absolute Gasteiger partial charge is 0.123 e. The van der Waals surface area contributed by atoms with Gasteiger partial charge in [0.25, 0.3) is 0 Å². The standard InChI is InChI=1S/C15H17FOS/c1-15(2,3)13-9-8-12(18-13)14(17)10-4-6-11(16)7-5-10/h4-9,14,17H,1-3H3. The first-order chi connectivity index (χ1) is 8.38.